The fourth-order valence-corrected chi connectivity index (χ4v) is 1.42. The number of aromatic nitrogens is 2. The molecule has 68 valence electrons. The zero-order valence-electron chi connectivity index (χ0n) is 7.45. The summed E-state index contributed by atoms with van der Waals surface area (Å²) in [5.74, 6) is 1.40. The van der Waals surface area contributed by atoms with Crippen molar-refractivity contribution in [2.75, 3.05) is 6.61 Å². The molecule has 0 aliphatic heterocycles. The van der Waals surface area contributed by atoms with E-state index in [2.05, 4.69) is 16.9 Å². The fraction of sp³-hybridized carbons (Fsp3) is 0.667. The molecule has 0 aliphatic rings. The highest BCUT2D eigenvalue weighted by Gasteiger charge is 2.11. The minimum atomic E-state index is 0.241. The first-order valence-electron chi connectivity index (χ1n) is 4.48. The minimum Gasteiger partial charge on any atom is -0.396 e. The van der Waals surface area contributed by atoms with Crippen molar-refractivity contribution in [2.24, 2.45) is 0 Å². The first kappa shape index (κ1) is 9.26. The third-order valence-corrected chi connectivity index (χ3v) is 2.02. The van der Waals surface area contributed by atoms with Crippen LogP contribution in [0.2, 0.25) is 0 Å². The van der Waals surface area contributed by atoms with Gasteiger partial charge in [0.2, 0.25) is 0 Å². The molecule has 2 N–H and O–H groups in total. The Balaban J connectivity index is 2.53. The molecule has 0 amide bonds. The highest BCUT2D eigenvalue weighted by molar-refractivity contribution is 4.96. The number of hydrogen-bond donors (Lipinski definition) is 2. The van der Waals surface area contributed by atoms with Crippen LogP contribution in [0.15, 0.2) is 12.4 Å². The molecule has 0 aliphatic carbocycles. The Bertz CT molecular complexity index is 190. The van der Waals surface area contributed by atoms with Crippen molar-refractivity contribution >= 4 is 0 Å². The number of rotatable bonds is 5. The molecule has 0 fully saturated rings. The van der Waals surface area contributed by atoms with Crippen molar-refractivity contribution in [3.63, 3.8) is 0 Å². The summed E-state index contributed by atoms with van der Waals surface area (Å²) >= 11 is 0. The lowest BCUT2D eigenvalue weighted by molar-refractivity contribution is 0.270. The number of hydrogen-bond acceptors (Lipinski definition) is 2. The van der Waals surface area contributed by atoms with E-state index >= 15 is 0 Å². The molecule has 3 nitrogen and oxygen atoms in total. The molecule has 1 unspecified atom stereocenters. The maximum atomic E-state index is 8.82. The molecule has 3 heteroatoms. The number of aliphatic hydroxyl groups excluding tert-OH is 1. The maximum Gasteiger partial charge on any atom is 0.109 e. The Morgan fingerprint density at radius 3 is 2.92 bits per heavy atom. The number of imidazole rings is 1. The minimum absolute atomic E-state index is 0.241. The van der Waals surface area contributed by atoms with Gasteiger partial charge in [0.15, 0.2) is 0 Å². The number of nitrogens with zero attached hydrogens (tertiary/aromatic N) is 1. The van der Waals surface area contributed by atoms with Gasteiger partial charge in [-0.3, -0.25) is 0 Å². The summed E-state index contributed by atoms with van der Waals surface area (Å²) in [5, 5.41) is 8.82. The van der Waals surface area contributed by atoms with Gasteiger partial charge in [0.1, 0.15) is 5.82 Å². The molecule has 1 atom stereocenters. The van der Waals surface area contributed by atoms with Gasteiger partial charge in [0.05, 0.1) is 0 Å². The molecule has 1 rings (SSSR count). The van der Waals surface area contributed by atoms with Crippen LogP contribution in [0.25, 0.3) is 0 Å². The lowest BCUT2D eigenvalue weighted by atomic mass is 10.00. The van der Waals surface area contributed by atoms with Gasteiger partial charge in [0.25, 0.3) is 0 Å². The second-order valence-electron chi connectivity index (χ2n) is 2.97. The molecule has 12 heavy (non-hydrogen) atoms. The standard InChI is InChI=1S/C9H16N2O/c1-2-3-8(4-7-12)9-10-5-6-11-9/h5-6,8,12H,2-4,7H2,1H3,(H,10,11). The normalized spacial score (nSPS) is 13.2. The van der Waals surface area contributed by atoms with Crippen LogP contribution in [0.5, 0.6) is 0 Å². The number of nitrogens with one attached hydrogen (secondary N) is 1. The number of aromatic amines is 1. The highest BCUT2D eigenvalue weighted by Crippen LogP contribution is 2.20. The number of aliphatic hydroxyl groups is 1. The van der Waals surface area contributed by atoms with Gasteiger partial charge in [-0.25, -0.2) is 4.98 Å². The molecule has 0 aromatic carbocycles. The van der Waals surface area contributed by atoms with Crippen molar-refractivity contribution in [1.82, 2.24) is 9.97 Å². The predicted octanol–water partition coefficient (Wildman–Crippen LogP) is 1.68. The van der Waals surface area contributed by atoms with E-state index in [4.69, 9.17) is 5.11 Å². The second-order valence-corrected chi connectivity index (χ2v) is 2.97. The van der Waals surface area contributed by atoms with Gasteiger partial charge < -0.3 is 10.1 Å². The third-order valence-electron chi connectivity index (χ3n) is 2.02. The Kier molecular flexibility index (Phi) is 3.80. The monoisotopic (exact) mass is 168 g/mol. The van der Waals surface area contributed by atoms with Crippen molar-refractivity contribution in [2.45, 2.75) is 32.1 Å². The molecular weight excluding hydrogens is 152 g/mol. The van der Waals surface area contributed by atoms with Crippen LogP contribution in [0.3, 0.4) is 0 Å². The largest absolute Gasteiger partial charge is 0.396 e. The molecular formula is C9H16N2O. The van der Waals surface area contributed by atoms with Crippen molar-refractivity contribution in [1.29, 1.82) is 0 Å². The zero-order chi connectivity index (χ0) is 8.81. The van der Waals surface area contributed by atoms with E-state index in [0.29, 0.717) is 5.92 Å². The average molecular weight is 168 g/mol. The second kappa shape index (κ2) is 4.93. The first-order chi connectivity index (χ1) is 5.88. The highest BCUT2D eigenvalue weighted by atomic mass is 16.3. The summed E-state index contributed by atoms with van der Waals surface area (Å²) in [6.07, 6.45) is 6.62. The molecule has 0 bridgehead atoms. The Hall–Kier alpha value is -0.830. The van der Waals surface area contributed by atoms with Gasteiger partial charge in [-0.15, -0.1) is 0 Å². The van der Waals surface area contributed by atoms with E-state index in [9.17, 15) is 0 Å². The Morgan fingerprint density at radius 1 is 1.58 bits per heavy atom. The SMILES string of the molecule is CCCC(CCO)c1ncc[nH]1. The van der Waals surface area contributed by atoms with Gasteiger partial charge in [-0.1, -0.05) is 13.3 Å². The van der Waals surface area contributed by atoms with E-state index in [1.54, 1.807) is 6.20 Å². The van der Waals surface area contributed by atoms with E-state index < -0.39 is 0 Å². The lowest BCUT2D eigenvalue weighted by Crippen LogP contribution is -2.03. The summed E-state index contributed by atoms with van der Waals surface area (Å²) in [6, 6.07) is 0. The summed E-state index contributed by atoms with van der Waals surface area (Å²) in [6.45, 7) is 2.39. The summed E-state index contributed by atoms with van der Waals surface area (Å²) < 4.78 is 0. The van der Waals surface area contributed by atoms with Crippen molar-refractivity contribution < 1.29 is 5.11 Å². The molecule has 0 spiro atoms. The van der Waals surface area contributed by atoms with Crippen LogP contribution in [0.1, 0.15) is 37.9 Å². The summed E-state index contributed by atoms with van der Waals surface area (Å²) in [4.78, 5) is 7.27. The van der Waals surface area contributed by atoms with Gasteiger partial charge in [0, 0.05) is 24.9 Å². The van der Waals surface area contributed by atoms with Crippen LogP contribution in [-0.2, 0) is 0 Å². The smallest absolute Gasteiger partial charge is 0.109 e. The van der Waals surface area contributed by atoms with Crippen LogP contribution in [-0.4, -0.2) is 21.7 Å². The van der Waals surface area contributed by atoms with Crippen LogP contribution in [0.4, 0.5) is 0 Å². The van der Waals surface area contributed by atoms with Crippen LogP contribution >= 0.6 is 0 Å². The maximum absolute atomic E-state index is 8.82. The third kappa shape index (κ3) is 2.34. The fourth-order valence-electron chi connectivity index (χ4n) is 1.42. The topological polar surface area (TPSA) is 48.9 Å². The molecule has 0 saturated heterocycles. The van der Waals surface area contributed by atoms with E-state index in [0.717, 1.165) is 25.1 Å². The predicted molar refractivity (Wildman–Crippen MR) is 47.9 cm³/mol. The molecule has 1 aromatic rings. The Labute approximate surface area is 72.8 Å². The van der Waals surface area contributed by atoms with Gasteiger partial charge in [-0.05, 0) is 12.8 Å². The van der Waals surface area contributed by atoms with Crippen LogP contribution < -0.4 is 0 Å². The van der Waals surface area contributed by atoms with Crippen LogP contribution in [0, 0.1) is 0 Å². The first-order valence-corrected chi connectivity index (χ1v) is 4.48. The average Bonchev–Trinajstić information content (AvgIpc) is 2.56. The lowest BCUT2D eigenvalue weighted by Gasteiger charge is -2.10. The van der Waals surface area contributed by atoms with Gasteiger partial charge >= 0.3 is 0 Å². The molecule has 0 saturated carbocycles. The zero-order valence-corrected chi connectivity index (χ0v) is 7.45. The van der Waals surface area contributed by atoms with E-state index in [1.165, 1.54) is 0 Å². The Morgan fingerprint density at radius 2 is 2.42 bits per heavy atom. The molecule has 1 heterocycles. The summed E-state index contributed by atoms with van der Waals surface area (Å²) in [7, 11) is 0. The quantitative estimate of drug-likeness (QED) is 0.702. The summed E-state index contributed by atoms with van der Waals surface area (Å²) in [5.41, 5.74) is 0. The van der Waals surface area contributed by atoms with Gasteiger partial charge in [-0.2, -0.15) is 0 Å². The van der Waals surface area contributed by atoms with E-state index in [-0.39, 0.29) is 6.61 Å². The molecule has 1 aromatic heterocycles. The van der Waals surface area contributed by atoms with Crippen molar-refractivity contribution in [3.8, 4) is 0 Å². The van der Waals surface area contributed by atoms with E-state index in [1.807, 2.05) is 6.20 Å². The van der Waals surface area contributed by atoms with Crippen molar-refractivity contribution in [3.05, 3.63) is 18.2 Å². The number of H-pyrrole nitrogens is 1. The molecule has 0 radical (unpaired) electrons.